The molecule has 1 atom stereocenters. The van der Waals surface area contributed by atoms with Crippen LogP contribution >= 0.6 is 0 Å². The molecule has 0 saturated carbocycles. The van der Waals surface area contributed by atoms with Crippen molar-refractivity contribution in [3.63, 3.8) is 0 Å². The Morgan fingerprint density at radius 2 is 1.84 bits per heavy atom. The smallest absolute Gasteiger partial charge is 0.244 e. The van der Waals surface area contributed by atoms with Crippen LogP contribution in [0.3, 0.4) is 0 Å². The molecule has 0 aliphatic carbocycles. The summed E-state index contributed by atoms with van der Waals surface area (Å²) in [6.07, 6.45) is 6.77. The molecule has 1 aromatic heterocycles. The number of anilines is 1. The van der Waals surface area contributed by atoms with E-state index in [0.717, 1.165) is 28.6 Å². The van der Waals surface area contributed by atoms with E-state index in [-0.39, 0.29) is 5.91 Å². The molecule has 0 unspecified atom stereocenters. The van der Waals surface area contributed by atoms with Gasteiger partial charge >= 0.3 is 0 Å². The van der Waals surface area contributed by atoms with Gasteiger partial charge < -0.3 is 9.88 Å². The zero-order valence-corrected chi connectivity index (χ0v) is 19.1. The highest BCUT2D eigenvalue weighted by Gasteiger charge is 2.31. The van der Waals surface area contributed by atoms with Crippen LogP contribution in [0.4, 0.5) is 5.69 Å². The van der Waals surface area contributed by atoms with Crippen LogP contribution in [0.2, 0.25) is 0 Å². The fourth-order valence-corrected chi connectivity index (χ4v) is 4.63. The van der Waals surface area contributed by atoms with E-state index in [1.807, 2.05) is 61.9 Å². The maximum absolute atomic E-state index is 13.0. The van der Waals surface area contributed by atoms with Gasteiger partial charge in [-0.05, 0) is 61.2 Å². The van der Waals surface area contributed by atoms with E-state index in [2.05, 4.69) is 10.3 Å². The summed E-state index contributed by atoms with van der Waals surface area (Å²) in [6, 6.07) is 12.3. The van der Waals surface area contributed by atoms with Crippen molar-refractivity contribution in [2.45, 2.75) is 39.8 Å². The third kappa shape index (κ3) is 5.32. The molecule has 0 aliphatic rings. The Hall–Kier alpha value is -3.13. The molecule has 7 nitrogen and oxygen atoms in total. The van der Waals surface area contributed by atoms with Crippen LogP contribution in [0.1, 0.15) is 30.0 Å². The van der Waals surface area contributed by atoms with Crippen molar-refractivity contribution >= 4 is 21.6 Å². The number of imidazole rings is 1. The van der Waals surface area contributed by atoms with E-state index in [1.54, 1.807) is 24.7 Å². The highest BCUT2D eigenvalue weighted by atomic mass is 32.2. The van der Waals surface area contributed by atoms with Crippen molar-refractivity contribution in [3.8, 4) is 5.69 Å². The summed E-state index contributed by atoms with van der Waals surface area (Å²) in [5.74, 6) is -0.329. The Morgan fingerprint density at radius 1 is 1.13 bits per heavy atom. The summed E-state index contributed by atoms with van der Waals surface area (Å²) >= 11 is 0. The van der Waals surface area contributed by atoms with Crippen LogP contribution < -0.4 is 9.62 Å². The summed E-state index contributed by atoms with van der Waals surface area (Å²) < 4.78 is 28.3. The Balaban J connectivity index is 1.76. The zero-order chi connectivity index (χ0) is 22.6. The van der Waals surface area contributed by atoms with Gasteiger partial charge in [0.1, 0.15) is 6.04 Å². The predicted octanol–water partition coefficient (Wildman–Crippen LogP) is 3.35. The number of rotatable bonds is 8. The molecule has 164 valence electrons. The summed E-state index contributed by atoms with van der Waals surface area (Å²) in [6.45, 7) is 6.01. The number of sulfonamides is 1. The summed E-state index contributed by atoms with van der Waals surface area (Å²) in [5, 5.41) is 2.89. The second-order valence-corrected chi connectivity index (χ2v) is 9.47. The van der Waals surface area contributed by atoms with Gasteiger partial charge in [-0.15, -0.1) is 0 Å². The third-order valence-corrected chi connectivity index (χ3v) is 6.46. The zero-order valence-electron chi connectivity index (χ0n) is 18.2. The second-order valence-electron chi connectivity index (χ2n) is 7.61. The van der Waals surface area contributed by atoms with Gasteiger partial charge in [0, 0.05) is 24.6 Å². The number of amides is 1. The summed E-state index contributed by atoms with van der Waals surface area (Å²) in [4.78, 5) is 17.0. The summed E-state index contributed by atoms with van der Waals surface area (Å²) in [7, 11) is -3.65. The number of hydrogen-bond donors (Lipinski definition) is 1. The Kier molecular flexibility index (Phi) is 6.80. The maximum atomic E-state index is 13.0. The minimum absolute atomic E-state index is 0.310. The lowest BCUT2D eigenvalue weighted by molar-refractivity contribution is -0.122. The van der Waals surface area contributed by atoms with E-state index in [1.165, 1.54) is 4.31 Å². The average molecular weight is 441 g/mol. The fourth-order valence-electron chi connectivity index (χ4n) is 3.43. The predicted molar refractivity (Wildman–Crippen MR) is 123 cm³/mol. The molecular formula is C23H28N4O3S. The lowest BCUT2D eigenvalue weighted by atomic mass is 10.1. The van der Waals surface area contributed by atoms with Gasteiger partial charge in [0.05, 0.1) is 18.3 Å². The van der Waals surface area contributed by atoms with Gasteiger partial charge in [-0.1, -0.05) is 25.1 Å². The molecule has 3 rings (SSSR count). The SMILES string of the molecule is CC[C@@H](C(=O)NCc1ccc(-n2ccnc2)cc1)N(c1ccc(C)c(C)c1)S(C)(=O)=O. The molecule has 1 amide bonds. The van der Waals surface area contributed by atoms with Crippen molar-refractivity contribution in [1.82, 2.24) is 14.9 Å². The van der Waals surface area contributed by atoms with Gasteiger partial charge in [0.25, 0.3) is 0 Å². The molecule has 31 heavy (non-hydrogen) atoms. The molecule has 0 aliphatic heterocycles. The third-order valence-electron chi connectivity index (χ3n) is 5.28. The number of hydrogen-bond acceptors (Lipinski definition) is 4. The molecule has 0 saturated heterocycles. The quantitative estimate of drug-likeness (QED) is 0.582. The van der Waals surface area contributed by atoms with Crippen LogP contribution in [0, 0.1) is 13.8 Å². The Morgan fingerprint density at radius 3 is 2.39 bits per heavy atom. The molecule has 2 aromatic carbocycles. The number of nitrogens with one attached hydrogen (secondary N) is 1. The minimum atomic E-state index is -3.65. The van der Waals surface area contributed by atoms with E-state index in [4.69, 9.17) is 0 Å². The van der Waals surface area contributed by atoms with Gasteiger partial charge in [0.15, 0.2) is 0 Å². The normalized spacial score (nSPS) is 12.4. The van der Waals surface area contributed by atoms with Gasteiger partial charge in [-0.3, -0.25) is 9.10 Å². The molecular weight excluding hydrogens is 412 g/mol. The molecule has 0 bridgehead atoms. The first-order chi connectivity index (χ1) is 14.7. The van der Waals surface area contributed by atoms with Crippen LogP contribution in [0.25, 0.3) is 5.69 Å². The second kappa shape index (κ2) is 9.34. The van der Waals surface area contributed by atoms with E-state index >= 15 is 0 Å². The van der Waals surface area contributed by atoms with Crippen LogP contribution in [-0.4, -0.2) is 36.2 Å². The lowest BCUT2D eigenvalue weighted by Gasteiger charge is -2.30. The number of carbonyl (C=O) groups is 1. The average Bonchev–Trinajstić information content (AvgIpc) is 3.27. The van der Waals surface area contributed by atoms with Gasteiger partial charge in [-0.25, -0.2) is 13.4 Å². The fraction of sp³-hybridized carbons (Fsp3) is 0.304. The van der Waals surface area contributed by atoms with Crippen molar-refractivity contribution in [3.05, 3.63) is 77.9 Å². The molecule has 1 N–H and O–H groups in total. The van der Waals surface area contributed by atoms with Gasteiger partial charge in [-0.2, -0.15) is 0 Å². The number of aromatic nitrogens is 2. The Labute approximate surface area is 183 Å². The molecule has 0 fully saturated rings. The first kappa shape index (κ1) is 22.6. The first-order valence-electron chi connectivity index (χ1n) is 10.1. The molecule has 0 radical (unpaired) electrons. The van der Waals surface area contributed by atoms with Gasteiger partial charge in [0.2, 0.25) is 15.9 Å². The molecule has 1 heterocycles. The molecule has 3 aromatic rings. The maximum Gasteiger partial charge on any atom is 0.244 e. The van der Waals surface area contributed by atoms with E-state index in [0.29, 0.717) is 18.7 Å². The standard InChI is InChI=1S/C23H28N4O3S/c1-5-22(27(31(4,29)30)21-9-6-17(2)18(3)14-21)23(28)25-15-19-7-10-20(11-8-19)26-13-12-24-16-26/h6-14,16,22H,5,15H2,1-4H3,(H,25,28)/t22-/m0/s1. The number of nitrogens with zero attached hydrogens (tertiary/aromatic N) is 3. The molecule has 0 spiro atoms. The van der Waals surface area contributed by atoms with Crippen molar-refractivity contribution in [1.29, 1.82) is 0 Å². The first-order valence-corrected chi connectivity index (χ1v) is 12.0. The number of carbonyl (C=O) groups excluding carboxylic acids is 1. The lowest BCUT2D eigenvalue weighted by Crippen LogP contribution is -2.49. The topological polar surface area (TPSA) is 84.3 Å². The van der Waals surface area contributed by atoms with E-state index < -0.39 is 16.1 Å². The van der Waals surface area contributed by atoms with Crippen LogP contribution in [-0.2, 0) is 21.4 Å². The monoisotopic (exact) mass is 440 g/mol. The van der Waals surface area contributed by atoms with Crippen LogP contribution in [0.15, 0.2) is 61.2 Å². The highest BCUT2D eigenvalue weighted by molar-refractivity contribution is 7.92. The van der Waals surface area contributed by atoms with E-state index in [9.17, 15) is 13.2 Å². The number of benzene rings is 2. The minimum Gasteiger partial charge on any atom is -0.350 e. The Bertz CT molecular complexity index is 1140. The molecule has 8 heteroatoms. The van der Waals surface area contributed by atoms with Crippen molar-refractivity contribution in [2.75, 3.05) is 10.6 Å². The van der Waals surface area contributed by atoms with Crippen molar-refractivity contribution < 1.29 is 13.2 Å². The van der Waals surface area contributed by atoms with Crippen molar-refractivity contribution in [2.24, 2.45) is 0 Å². The number of aryl methyl sites for hydroxylation is 2. The summed E-state index contributed by atoms with van der Waals surface area (Å²) in [5.41, 5.74) is 4.42. The highest BCUT2D eigenvalue weighted by Crippen LogP contribution is 2.25. The largest absolute Gasteiger partial charge is 0.350 e. The van der Waals surface area contributed by atoms with Crippen LogP contribution in [0.5, 0.6) is 0 Å².